The molecule has 7 saturated heterocycles. The Morgan fingerprint density at radius 2 is 0.864 bits per heavy atom. The van der Waals surface area contributed by atoms with Crippen LogP contribution in [0.1, 0.15) is 189 Å². The predicted molar refractivity (Wildman–Crippen MR) is 600 cm³/mol. The number of nitrogen functional groups attached to an aromatic ring is 7. The second kappa shape index (κ2) is 46.8. The lowest BCUT2D eigenvalue weighted by atomic mass is 9.96. The quantitative estimate of drug-likeness (QED) is 0.0505. The Hall–Kier alpha value is -12.6. The largest absolute Gasteiger partial charge is 0.384 e. The Kier molecular flexibility index (Phi) is 32.8. The number of benzene rings is 1. The number of rotatable bonds is 12. The highest BCUT2D eigenvalue weighted by molar-refractivity contribution is 9.11. The summed E-state index contributed by atoms with van der Waals surface area (Å²) in [4.78, 5) is 43.6. The number of thiophene rings is 2. The van der Waals surface area contributed by atoms with Crippen LogP contribution in [0.15, 0.2) is 146 Å². The van der Waals surface area contributed by atoms with E-state index < -0.39 is 0 Å². The highest BCUT2D eigenvalue weighted by Crippen LogP contribution is 2.42. The van der Waals surface area contributed by atoms with E-state index >= 15 is 0 Å². The number of thiazole rings is 1. The lowest BCUT2D eigenvalue weighted by Crippen LogP contribution is -2.29. The van der Waals surface area contributed by atoms with Crippen molar-refractivity contribution in [1.29, 1.82) is 0 Å². The van der Waals surface area contributed by atoms with Gasteiger partial charge in [0.1, 0.15) is 66.2 Å². The summed E-state index contributed by atoms with van der Waals surface area (Å²) in [6.07, 6.45) is 29.6. The first kappa shape index (κ1) is 103. The Labute approximate surface area is 892 Å². The van der Waals surface area contributed by atoms with Gasteiger partial charge in [-0.2, -0.15) is 67.3 Å². The topological polar surface area (TPSA) is 525 Å². The van der Waals surface area contributed by atoms with Crippen LogP contribution < -0.4 is 88.0 Å². The molecule has 0 bridgehead atoms. The van der Waals surface area contributed by atoms with E-state index in [-0.39, 0.29) is 12.1 Å². The van der Waals surface area contributed by atoms with Crippen LogP contribution in [0.4, 0.5) is 52.4 Å². The van der Waals surface area contributed by atoms with Crippen LogP contribution in [0.5, 0.6) is 0 Å². The van der Waals surface area contributed by atoms with Crippen LogP contribution in [0, 0.1) is 30.6 Å². The van der Waals surface area contributed by atoms with Gasteiger partial charge in [0.2, 0.25) is 0 Å². The molecule has 7 aliphatic heterocycles. The number of nitrogens with two attached hydrogens (primary N) is 9. The van der Waals surface area contributed by atoms with Gasteiger partial charge in [0.25, 0.3) is 0 Å². The van der Waals surface area contributed by atoms with Crippen LogP contribution in [-0.2, 0) is 12.8 Å². The van der Waals surface area contributed by atoms with Gasteiger partial charge < -0.3 is 88.0 Å². The fraction of sp³-hybridized carbons (Fsp3) is 0.382. The Balaban J connectivity index is 0.000000108. The number of fused-ring (bicyclic) bond motifs is 7. The molecule has 1 aromatic carbocycles. The van der Waals surface area contributed by atoms with E-state index in [2.05, 4.69) is 186 Å². The molecule has 147 heavy (non-hydrogen) atoms. The molecule has 0 saturated carbocycles. The SMILES string of the molecule is CC#Cc1cnn2c(N)cc(C3CCCNC3)nc12.CCc1cnn2c(N)c(Br)c(N3CC[C@H](N)C3)nc12.CCc1cnn2c(N)cc(N3CC[C@H](N)C3)nc12.Cc1cc(-c2cnn3c(N)cc(C4CCCNC4)nc23)cs1.Nc1c(Br)c(C2CCCNC2)nc2c(-c3ccsc3Cl)cnn12.Nc1c(Br)c(C2CCCNC2)nc2c(-c3nccs3)cnn12.Nc1cc(C2CCCNC2)nc2c(C#Cc3ccccc3)cnn12. The van der Waals surface area contributed by atoms with Gasteiger partial charge in [-0.05, 0) is 225 Å². The Morgan fingerprint density at radius 3 is 1.35 bits per heavy atom. The molecule has 0 amide bonds. The molecule has 0 spiro atoms. The number of nitrogens with one attached hydrogen (secondary N) is 5. The van der Waals surface area contributed by atoms with Gasteiger partial charge in [0.05, 0.1) is 97.5 Å². The van der Waals surface area contributed by atoms with Gasteiger partial charge in [0.15, 0.2) is 39.5 Å². The zero-order valence-corrected chi connectivity index (χ0v) is 90.2. The normalized spacial score (nSPS) is 18.8. The van der Waals surface area contributed by atoms with E-state index in [0.717, 1.165) is 321 Å². The maximum absolute atomic E-state index is 6.29. The third-order valence-electron chi connectivity index (χ3n) is 27.4. The molecule has 0 aliphatic carbocycles. The predicted octanol–water partition coefficient (Wildman–Crippen LogP) is 14.3. The molecule has 25 rings (SSSR count). The fourth-order valence-electron chi connectivity index (χ4n) is 19.5. The first-order chi connectivity index (χ1) is 71.5. The number of halogens is 4. The Morgan fingerprint density at radius 1 is 0.422 bits per heavy atom. The Bertz CT molecular complexity index is 7800. The van der Waals surface area contributed by atoms with Crippen molar-refractivity contribution < 1.29 is 0 Å². The van der Waals surface area contributed by atoms with Crippen LogP contribution in [0.25, 0.3) is 72.4 Å². The molecule has 24 heterocycles. The maximum atomic E-state index is 6.29. The molecule has 38 nitrogen and oxygen atoms in total. The number of hydrogen-bond acceptors (Lipinski definition) is 34. The number of hydrogen-bond donors (Lipinski definition) is 14. The number of nitrogens with zero attached hydrogens (tertiary/aromatic N) is 24. The molecule has 764 valence electrons. The first-order valence-corrected chi connectivity index (χ1v) is 55.2. The van der Waals surface area contributed by atoms with Crippen molar-refractivity contribution in [2.75, 3.05) is 142 Å². The monoisotopic (exact) mass is 2240 g/mol. The molecule has 7 fully saturated rings. The summed E-state index contributed by atoms with van der Waals surface area (Å²) in [6, 6.07) is 22.2. The van der Waals surface area contributed by atoms with Crippen LogP contribution in [0.2, 0.25) is 4.34 Å². The van der Waals surface area contributed by atoms with Crippen molar-refractivity contribution in [3.63, 3.8) is 0 Å². The molecule has 23 N–H and O–H groups in total. The summed E-state index contributed by atoms with van der Waals surface area (Å²) in [5.41, 5.74) is 75.6. The molecule has 7 atom stereocenters. The second-order valence-electron chi connectivity index (χ2n) is 37.5. The number of anilines is 9. The molecular formula is C102H120Br3ClN38S3. The third-order valence-corrected chi connectivity index (χ3v) is 32.6. The summed E-state index contributed by atoms with van der Waals surface area (Å²) in [5, 5.41) is 54.4. The summed E-state index contributed by atoms with van der Waals surface area (Å²) in [6.45, 7) is 21.8. The zero-order chi connectivity index (χ0) is 102. The van der Waals surface area contributed by atoms with Crippen molar-refractivity contribution in [3.05, 3.63) is 211 Å². The van der Waals surface area contributed by atoms with Gasteiger partial charge in [-0.1, -0.05) is 61.4 Å². The van der Waals surface area contributed by atoms with E-state index in [4.69, 9.17) is 93.1 Å². The molecular weight excluding hydrogens is 2130 g/mol. The van der Waals surface area contributed by atoms with Crippen molar-refractivity contribution in [1.82, 2.24) is 134 Å². The van der Waals surface area contributed by atoms with E-state index in [1.165, 1.54) is 34.6 Å². The summed E-state index contributed by atoms with van der Waals surface area (Å²) < 4.78 is 15.0. The van der Waals surface area contributed by atoms with Crippen molar-refractivity contribution >= 4 is 185 Å². The third kappa shape index (κ3) is 22.7. The zero-order valence-electron chi connectivity index (χ0n) is 82.2. The van der Waals surface area contributed by atoms with Crippen LogP contribution >= 0.6 is 93.4 Å². The van der Waals surface area contributed by atoms with Gasteiger partial charge in [-0.25, -0.2) is 39.9 Å². The molecule has 5 unspecified atom stereocenters. The fourth-order valence-corrected chi connectivity index (χ4v) is 23.5. The minimum atomic E-state index is 0.210. The van der Waals surface area contributed by atoms with E-state index in [1.807, 2.05) is 96.9 Å². The average molecular weight is 2250 g/mol. The lowest BCUT2D eigenvalue weighted by Gasteiger charge is -2.23. The maximum Gasteiger partial charge on any atom is 0.173 e. The number of aryl methyl sites for hydroxylation is 3. The molecule has 45 heteroatoms. The minimum absolute atomic E-state index is 0.210. The van der Waals surface area contributed by atoms with E-state index in [1.54, 1.807) is 85.3 Å². The average Bonchev–Trinajstić information content (AvgIpc) is 1.63. The van der Waals surface area contributed by atoms with Crippen molar-refractivity contribution in [2.24, 2.45) is 11.5 Å². The molecule has 18 aromatic rings. The highest BCUT2D eigenvalue weighted by Gasteiger charge is 2.32. The first-order valence-electron chi connectivity index (χ1n) is 49.8. The van der Waals surface area contributed by atoms with E-state index in [0.29, 0.717) is 70.3 Å². The lowest BCUT2D eigenvalue weighted by molar-refractivity contribution is 0.453. The van der Waals surface area contributed by atoms with Gasteiger partial charge >= 0.3 is 0 Å². The summed E-state index contributed by atoms with van der Waals surface area (Å²) in [7, 11) is 0. The highest BCUT2D eigenvalue weighted by atomic mass is 79.9. The summed E-state index contributed by atoms with van der Waals surface area (Å²) >= 11 is 21.9. The molecule has 17 aromatic heterocycles. The minimum Gasteiger partial charge on any atom is -0.384 e. The van der Waals surface area contributed by atoms with Gasteiger partial charge in [-0.3, -0.25) is 0 Å². The number of aromatic nitrogens is 22. The standard InChI is InChI=1S/C19H19N5.C16H19N5S.C15H15BrClN5S.C14H15BrN6S.C14H17N5.C12H17BrN6.C12H18N6/c20-18-11-17(15-7-4-10-21-12-15)23-19-16(13-22-24(18)19)9-8-14-5-2-1-3-6-14;1-10-5-12(9-22-10)13-8-19-21-15(17)6-14(20-16(13)21)11-3-2-4-18-7-11;16-11-12(8-2-1-4-19-6-8)21-15-10(7-20-22(15)14(11)18)9-3-5-23-13(9)17;15-10-11(8-2-1-3-17-6-8)20-13-9(14-18-4-5-22-14)7-19-21(13)12(10)16;1-2-4-11-9-17-19-13(15)7-12(18-14(11)19)10-5-3-6-16-8-10;1-2-7-5-16-19-10(15)9(13)12(17-11(7)19)18-4-3-8(14)6-18;1-2-8-6-15-18-10(14)5-11(16-12(8)18)17-4-3-9(13)7-17/h1-3,5-6,11,13,15,21H,4,7,10,12,20H2;5-6,8-9,11,18H,2-4,7,17H2,1H3;3,5,7-8,19H,1-2,4,6,18H2;4-5,7-8,17H,1-3,6,16H2;7,9-10,16H,3,5-6,8,15H2,1H3;5,8H,2-4,6,14-15H2,1H3;5-6,9H,2-4,7,13-14H2,1H3/t;;;;;8-;9-/m.....00/s1. The molecule has 0 radical (unpaired) electrons. The van der Waals surface area contributed by atoms with Gasteiger partial charge in [0, 0.05) is 175 Å². The van der Waals surface area contributed by atoms with Crippen molar-refractivity contribution in [3.8, 4) is 56.5 Å². The second-order valence-corrected chi connectivity index (χ2v) is 43.4. The smallest absolute Gasteiger partial charge is 0.173 e. The summed E-state index contributed by atoms with van der Waals surface area (Å²) in [5.74, 6) is 20.3. The molecule has 7 aliphatic rings. The van der Waals surface area contributed by atoms with Crippen molar-refractivity contribution in [2.45, 2.75) is 159 Å². The van der Waals surface area contributed by atoms with Gasteiger partial charge in [-0.15, -0.1) is 39.9 Å². The van der Waals surface area contributed by atoms with Crippen LogP contribution in [-0.4, -0.2) is 211 Å². The van der Waals surface area contributed by atoms with E-state index in [9.17, 15) is 0 Å². The van der Waals surface area contributed by atoms with Crippen LogP contribution in [0.3, 0.4) is 0 Å². The number of piperidine rings is 5.